The molecular formula is C26H30N2O4S. The van der Waals surface area contributed by atoms with Gasteiger partial charge in [-0.25, -0.2) is 12.7 Å². The number of benzene rings is 3. The minimum atomic E-state index is -3.58. The molecule has 0 spiro atoms. The van der Waals surface area contributed by atoms with Crippen molar-refractivity contribution in [1.29, 1.82) is 0 Å². The molecule has 3 aromatic rings. The number of aryl methyl sites for hydroxylation is 1. The van der Waals surface area contributed by atoms with Gasteiger partial charge in [-0.2, -0.15) is 0 Å². The molecule has 0 aliphatic rings. The van der Waals surface area contributed by atoms with E-state index in [1.165, 1.54) is 31.6 Å². The van der Waals surface area contributed by atoms with Crippen molar-refractivity contribution in [2.45, 2.75) is 30.8 Å². The first kappa shape index (κ1) is 24.5. The van der Waals surface area contributed by atoms with Crippen molar-refractivity contribution >= 4 is 15.9 Å². The molecule has 0 fully saturated rings. The van der Waals surface area contributed by atoms with Crippen molar-refractivity contribution in [2.24, 2.45) is 0 Å². The molecule has 3 rings (SSSR count). The summed E-state index contributed by atoms with van der Waals surface area (Å²) in [5.74, 6) is 0.559. The van der Waals surface area contributed by atoms with Gasteiger partial charge in [-0.05, 0) is 41.3 Å². The monoisotopic (exact) mass is 466 g/mol. The lowest BCUT2D eigenvalue weighted by atomic mass is 10.1. The van der Waals surface area contributed by atoms with Crippen LogP contribution >= 0.6 is 0 Å². The molecule has 0 heterocycles. The van der Waals surface area contributed by atoms with E-state index in [1.807, 2.05) is 65.6 Å². The Morgan fingerprint density at radius 3 is 1.88 bits per heavy atom. The van der Waals surface area contributed by atoms with Crippen molar-refractivity contribution in [3.05, 3.63) is 95.6 Å². The van der Waals surface area contributed by atoms with Gasteiger partial charge in [-0.1, -0.05) is 60.7 Å². The van der Waals surface area contributed by atoms with Crippen LogP contribution in [0.15, 0.2) is 83.8 Å². The highest BCUT2D eigenvalue weighted by Gasteiger charge is 2.20. The number of hydrogen-bond acceptors (Lipinski definition) is 4. The van der Waals surface area contributed by atoms with Gasteiger partial charge in [0.1, 0.15) is 5.75 Å². The molecule has 0 saturated carbocycles. The highest BCUT2D eigenvalue weighted by molar-refractivity contribution is 7.89. The first-order valence-corrected chi connectivity index (χ1v) is 12.2. The van der Waals surface area contributed by atoms with E-state index in [-0.39, 0.29) is 17.2 Å². The van der Waals surface area contributed by atoms with Gasteiger partial charge in [0, 0.05) is 33.6 Å². The fourth-order valence-corrected chi connectivity index (χ4v) is 4.51. The third kappa shape index (κ3) is 6.43. The van der Waals surface area contributed by atoms with Crippen LogP contribution in [0.2, 0.25) is 0 Å². The number of carbonyl (C=O) groups excluding carboxylic acids is 1. The maximum absolute atomic E-state index is 13.3. The van der Waals surface area contributed by atoms with Gasteiger partial charge in [0.05, 0.1) is 12.0 Å². The first-order valence-electron chi connectivity index (χ1n) is 10.8. The van der Waals surface area contributed by atoms with Crippen molar-refractivity contribution in [2.75, 3.05) is 21.2 Å². The number of hydrogen-bond donors (Lipinski definition) is 0. The minimum absolute atomic E-state index is 0.00868. The molecule has 0 aliphatic heterocycles. The number of amides is 1. The highest BCUT2D eigenvalue weighted by Crippen LogP contribution is 2.25. The summed E-state index contributed by atoms with van der Waals surface area (Å²) in [7, 11) is 0.949. The van der Waals surface area contributed by atoms with Crippen LogP contribution in [-0.2, 0) is 34.3 Å². The third-order valence-electron chi connectivity index (χ3n) is 5.42. The molecule has 0 aliphatic carbocycles. The normalized spacial score (nSPS) is 11.4. The summed E-state index contributed by atoms with van der Waals surface area (Å²) >= 11 is 0. The van der Waals surface area contributed by atoms with Crippen LogP contribution in [0, 0.1) is 0 Å². The van der Waals surface area contributed by atoms with Crippen LogP contribution in [0.25, 0.3) is 0 Å². The van der Waals surface area contributed by atoms with Crippen LogP contribution in [0.1, 0.15) is 23.1 Å². The third-order valence-corrected chi connectivity index (χ3v) is 7.23. The molecule has 7 heteroatoms. The van der Waals surface area contributed by atoms with Crippen molar-refractivity contribution < 1.29 is 17.9 Å². The molecule has 0 bridgehead atoms. The quantitative estimate of drug-likeness (QED) is 0.451. The second kappa shape index (κ2) is 11.1. The Bertz CT molecular complexity index is 1120. The van der Waals surface area contributed by atoms with E-state index in [4.69, 9.17) is 4.74 Å². The summed E-state index contributed by atoms with van der Waals surface area (Å²) in [6.07, 6.45) is 0.611. The number of nitrogens with zero attached hydrogens (tertiary/aromatic N) is 2. The average molecular weight is 467 g/mol. The largest absolute Gasteiger partial charge is 0.496 e. The summed E-state index contributed by atoms with van der Waals surface area (Å²) in [5, 5.41) is 0. The van der Waals surface area contributed by atoms with Gasteiger partial charge in [0.25, 0.3) is 0 Å². The van der Waals surface area contributed by atoms with E-state index in [9.17, 15) is 13.2 Å². The van der Waals surface area contributed by atoms with Crippen LogP contribution in [0.3, 0.4) is 0 Å². The maximum atomic E-state index is 13.3. The average Bonchev–Trinajstić information content (AvgIpc) is 2.83. The molecule has 0 aromatic heterocycles. The molecular weight excluding hydrogens is 436 g/mol. The minimum Gasteiger partial charge on any atom is -0.496 e. The Balaban J connectivity index is 1.80. The molecule has 0 N–H and O–H groups in total. The van der Waals surface area contributed by atoms with Crippen LogP contribution in [-0.4, -0.2) is 44.7 Å². The lowest BCUT2D eigenvalue weighted by molar-refractivity contribution is -0.132. The lowest BCUT2D eigenvalue weighted by Gasteiger charge is -2.23. The maximum Gasteiger partial charge on any atom is 0.242 e. The summed E-state index contributed by atoms with van der Waals surface area (Å²) in [5.41, 5.74) is 2.80. The van der Waals surface area contributed by atoms with E-state index >= 15 is 0 Å². The Kier molecular flexibility index (Phi) is 8.25. The molecule has 1 amide bonds. The molecule has 0 atom stereocenters. The molecule has 3 aromatic carbocycles. The molecule has 0 unspecified atom stereocenters. The molecule has 6 nitrogen and oxygen atoms in total. The molecule has 33 heavy (non-hydrogen) atoms. The standard InChI is InChI=1S/C26H30N2O4S/c1-27(2)33(30,31)24-15-16-25(32-3)23(18-24)14-17-26(29)28(19-21-10-6-4-7-11-21)20-22-12-8-5-9-13-22/h4-13,15-16,18H,14,17,19-20H2,1-3H3. The molecule has 174 valence electrons. The number of methoxy groups -OCH3 is 1. The number of carbonyl (C=O) groups is 1. The Labute approximate surface area is 196 Å². The van der Waals surface area contributed by atoms with E-state index < -0.39 is 10.0 Å². The van der Waals surface area contributed by atoms with Gasteiger partial charge in [-0.3, -0.25) is 4.79 Å². The fourth-order valence-electron chi connectivity index (χ4n) is 3.56. The van der Waals surface area contributed by atoms with Crippen molar-refractivity contribution in [3.63, 3.8) is 0 Å². The fraction of sp³-hybridized carbons (Fsp3) is 0.269. The van der Waals surface area contributed by atoms with E-state index in [2.05, 4.69) is 0 Å². The van der Waals surface area contributed by atoms with Crippen LogP contribution < -0.4 is 4.74 Å². The van der Waals surface area contributed by atoms with Gasteiger partial charge in [0.2, 0.25) is 15.9 Å². The number of ether oxygens (including phenoxy) is 1. The first-order chi connectivity index (χ1) is 15.8. The zero-order valence-corrected chi connectivity index (χ0v) is 20.1. The summed E-state index contributed by atoms with van der Waals surface area (Å²) in [6, 6.07) is 24.5. The van der Waals surface area contributed by atoms with Crippen molar-refractivity contribution in [3.8, 4) is 5.75 Å². The predicted molar refractivity (Wildman–Crippen MR) is 129 cm³/mol. The Hall–Kier alpha value is -3.16. The van der Waals surface area contributed by atoms with E-state index in [1.54, 1.807) is 12.1 Å². The van der Waals surface area contributed by atoms with E-state index in [0.717, 1.165) is 11.1 Å². The number of sulfonamides is 1. The lowest BCUT2D eigenvalue weighted by Crippen LogP contribution is -2.30. The molecule has 0 radical (unpaired) electrons. The predicted octanol–water partition coefficient (Wildman–Crippen LogP) is 4.11. The highest BCUT2D eigenvalue weighted by atomic mass is 32.2. The summed E-state index contributed by atoms with van der Waals surface area (Å²) in [6.45, 7) is 1.00. The second-order valence-electron chi connectivity index (χ2n) is 7.98. The summed E-state index contributed by atoms with van der Waals surface area (Å²) < 4.78 is 31.7. The number of rotatable bonds is 10. The summed E-state index contributed by atoms with van der Waals surface area (Å²) in [4.78, 5) is 15.3. The Morgan fingerprint density at radius 2 is 1.39 bits per heavy atom. The van der Waals surface area contributed by atoms with Gasteiger partial charge < -0.3 is 9.64 Å². The topological polar surface area (TPSA) is 66.9 Å². The van der Waals surface area contributed by atoms with Crippen LogP contribution in [0.5, 0.6) is 5.75 Å². The van der Waals surface area contributed by atoms with Gasteiger partial charge in [-0.15, -0.1) is 0 Å². The van der Waals surface area contributed by atoms with Gasteiger partial charge >= 0.3 is 0 Å². The van der Waals surface area contributed by atoms with Gasteiger partial charge in [0.15, 0.2) is 0 Å². The second-order valence-corrected chi connectivity index (χ2v) is 10.1. The zero-order chi connectivity index (χ0) is 23.8. The van der Waals surface area contributed by atoms with E-state index in [0.29, 0.717) is 30.8 Å². The Morgan fingerprint density at radius 1 is 0.848 bits per heavy atom. The molecule has 0 saturated heterocycles. The smallest absolute Gasteiger partial charge is 0.242 e. The zero-order valence-electron chi connectivity index (χ0n) is 19.3. The van der Waals surface area contributed by atoms with Crippen molar-refractivity contribution in [1.82, 2.24) is 9.21 Å². The SMILES string of the molecule is COc1ccc(S(=O)(=O)N(C)C)cc1CCC(=O)N(Cc1ccccc1)Cc1ccccc1. The van der Waals surface area contributed by atoms with Crippen LogP contribution in [0.4, 0.5) is 0 Å².